The summed E-state index contributed by atoms with van der Waals surface area (Å²) in [7, 11) is 0. The number of hydrogen-bond acceptors (Lipinski definition) is 4. The number of H-pyrrole nitrogens is 1. The molecule has 0 aliphatic rings. The molecule has 0 aliphatic heterocycles. The van der Waals surface area contributed by atoms with E-state index in [4.69, 9.17) is 16.9 Å². The van der Waals surface area contributed by atoms with Crippen molar-refractivity contribution < 1.29 is 4.79 Å². The van der Waals surface area contributed by atoms with Crippen LogP contribution in [-0.4, -0.2) is 28.2 Å². The third kappa shape index (κ3) is 4.32. The minimum absolute atomic E-state index is 0.0945. The topological polar surface area (TPSA) is 72.8 Å². The zero-order valence-corrected chi connectivity index (χ0v) is 14.8. The molecule has 3 rings (SSSR count). The Bertz CT molecular complexity index is 901. The predicted molar refractivity (Wildman–Crippen MR) is 101 cm³/mol. The number of rotatable bonds is 6. The van der Waals surface area contributed by atoms with E-state index in [2.05, 4.69) is 16.0 Å². The van der Waals surface area contributed by atoms with Crippen LogP contribution in [0.2, 0.25) is 5.02 Å². The van der Waals surface area contributed by atoms with Crippen molar-refractivity contribution in [1.82, 2.24) is 9.97 Å². The Morgan fingerprint density at radius 2 is 2.12 bits per heavy atom. The van der Waals surface area contributed by atoms with Crippen LogP contribution in [0, 0.1) is 11.3 Å². The minimum atomic E-state index is -0.0945. The lowest BCUT2D eigenvalue weighted by molar-refractivity contribution is -0.116. The van der Waals surface area contributed by atoms with Gasteiger partial charge in [-0.3, -0.25) is 4.79 Å². The first-order valence-corrected chi connectivity index (χ1v) is 9.04. The van der Waals surface area contributed by atoms with E-state index >= 15 is 0 Å². The number of fused-ring (bicyclic) bond motifs is 1. The predicted octanol–water partition coefficient (Wildman–Crippen LogP) is 4.26. The number of nitrogens with zero attached hydrogens (tertiary/aromatic N) is 3. The average Bonchev–Trinajstić information content (AvgIpc) is 3.03. The van der Waals surface area contributed by atoms with Crippen LogP contribution < -0.4 is 4.90 Å². The van der Waals surface area contributed by atoms with Crippen molar-refractivity contribution in [2.24, 2.45) is 0 Å². The zero-order chi connectivity index (χ0) is 17.6. The van der Waals surface area contributed by atoms with Gasteiger partial charge in [0.2, 0.25) is 5.91 Å². The number of anilines is 1. The number of nitrogens with one attached hydrogen (secondary N) is 1. The van der Waals surface area contributed by atoms with E-state index in [1.54, 1.807) is 23.1 Å². The average molecular weight is 371 g/mol. The van der Waals surface area contributed by atoms with E-state index in [-0.39, 0.29) is 18.1 Å². The molecule has 0 fully saturated rings. The van der Waals surface area contributed by atoms with Crippen LogP contribution in [0.1, 0.15) is 6.42 Å². The molecule has 2 aromatic carbocycles. The molecule has 0 spiro atoms. The summed E-state index contributed by atoms with van der Waals surface area (Å²) in [5.41, 5.74) is 2.50. The maximum Gasteiger partial charge on any atom is 0.237 e. The summed E-state index contributed by atoms with van der Waals surface area (Å²) in [6, 6.07) is 16.9. The van der Waals surface area contributed by atoms with E-state index in [9.17, 15) is 4.79 Å². The molecule has 126 valence electrons. The second kappa shape index (κ2) is 8.06. The third-order valence-corrected chi connectivity index (χ3v) is 4.66. The minimum Gasteiger partial charge on any atom is -0.333 e. The van der Waals surface area contributed by atoms with Crippen molar-refractivity contribution in [2.45, 2.75) is 11.6 Å². The SMILES string of the molecule is N#CCCN(C(=O)CSc1nc2ccccc2[nH]1)c1cccc(Cl)c1. The molecule has 1 heterocycles. The number of carbonyl (C=O) groups is 1. The van der Waals surface area contributed by atoms with Gasteiger partial charge < -0.3 is 9.88 Å². The number of thioether (sulfide) groups is 1. The molecule has 25 heavy (non-hydrogen) atoms. The van der Waals surface area contributed by atoms with Gasteiger partial charge in [0.15, 0.2) is 5.16 Å². The molecular formula is C18H15ClN4OS. The summed E-state index contributed by atoms with van der Waals surface area (Å²) in [4.78, 5) is 21.9. The number of hydrogen-bond donors (Lipinski definition) is 1. The van der Waals surface area contributed by atoms with Crippen molar-refractivity contribution in [2.75, 3.05) is 17.2 Å². The highest BCUT2D eigenvalue weighted by atomic mass is 35.5. The van der Waals surface area contributed by atoms with Crippen LogP contribution in [-0.2, 0) is 4.79 Å². The number of para-hydroxylation sites is 2. The Hall–Kier alpha value is -2.49. The monoisotopic (exact) mass is 370 g/mol. The number of amides is 1. The van der Waals surface area contributed by atoms with E-state index < -0.39 is 0 Å². The molecule has 1 amide bonds. The summed E-state index contributed by atoms with van der Waals surface area (Å²) >= 11 is 7.36. The lowest BCUT2D eigenvalue weighted by Gasteiger charge is -2.21. The summed E-state index contributed by atoms with van der Waals surface area (Å²) < 4.78 is 0. The second-order valence-corrected chi connectivity index (χ2v) is 6.68. The Balaban J connectivity index is 1.72. The van der Waals surface area contributed by atoms with Gasteiger partial charge in [0, 0.05) is 17.3 Å². The zero-order valence-electron chi connectivity index (χ0n) is 13.3. The molecule has 0 bridgehead atoms. The van der Waals surface area contributed by atoms with E-state index in [0.29, 0.717) is 22.4 Å². The van der Waals surface area contributed by atoms with Crippen LogP contribution in [0.25, 0.3) is 11.0 Å². The molecular weight excluding hydrogens is 356 g/mol. The summed E-state index contributed by atoms with van der Waals surface area (Å²) in [6.07, 6.45) is 0.257. The van der Waals surface area contributed by atoms with Crippen LogP contribution in [0.5, 0.6) is 0 Å². The molecule has 0 aliphatic carbocycles. The van der Waals surface area contributed by atoms with Crippen molar-refractivity contribution in [3.05, 3.63) is 53.6 Å². The maximum absolute atomic E-state index is 12.7. The first-order valence-electron chi connectivity index (χ1n) is 7.68. The van der Waals surface area contributed by atoms with Gasteiger partial charge in [-0.2, -0.15) is 5.26 Å². The Morgan fingerprint density at radius 1 is 1.28 bits per heavy atom. The summed E-state index contributed by atoms with van der Waals surface area (Å²) in [6.45, 7) is 0.330. The van der Waals surface area contributed by atoms with Gasteiger partial charge in [0.25, 0.3) is 0 Å². The van der Waals surface area contributed by atoms with Crippen LogP contribution in [0.4, 0.5) is 5.69 Å². The van der Waals surface area contributed by atoms with Crippen molar-refractivity contribution in [3.63, 3.8) is 0 Å². The standard InChI is InChI=1S/C18H15ClN4OS/c19-13-5-3-6-14(11-13)23(10-4-9-20)17(24)12-25-18-21-15-7-1-2-8-16(15)22-18/h1-3,5-8,11H,4,10,12H2,(H,21,22). The molecule has 3 aromatic rings. The number of nitriles is 1. The maximum atomic E-state index is 12.7. The molecule has 7 heteroatoms. The summed E-state index contributed by atoms with van der Waals surface area (Å²) in [5, 5.41) is 10.1. The Labute approximate surface area is 154 Å². The molecule has 1 N–H and O–H groups in total. The number of carbonyl (C=O) groups excluding carboxylic acids is 1. The fourth-order valence-electron chi connectivity index (χ4n) is 2.41. The lowest BCUT2D eigenvalue weighted by Crippen LogP contribution is -2.33. The molecule has 0 saturated carbocycles. The van der Waals surface area contributed by atoms with E-state index in [1.807, 2.05) is 30.3 Å². The quantitative estimate of drug-likeness (QED) is 0.658. The summed E-state index contributed by atoms with van der Waals surface area (Å²) in [5.74, 6) is 0.126. The fourth-order valence-corrected chi connectivity index (χ4v) is 3.35. The first kappa shape index (κ1) is 17.3. The molecule has 0 atom stereocenters. The van der Waals surface area contributed by atoms with Crippen molar-refractivity contribution in [3.8, 4) is 6.07 Å². The van der Waals surface area contributed by atoms with Crippen LogP contribution in [0.3, 0.4) is 0 Å². The first-order chi connectivity index (χ1) is 12.2. The Morgan fingerprint density at radius 3 is 2.88 bits per heavy atom. The van der Waals surface area contributed by atoms with Gasteiger partial charge in [-0.05, 0) is 30.3 Å². The normalized spacial score (nSPS) is 10.6. The largest absolute Gasteiger partial charge is 0.333 e. The van der Waals surface area contributed by atoms with E-state index in [1.165, 1.54) is 11.8 Å². The van der Waals surface area contributed by atoms with Crippen molar-refractivity contribution in [1.29, 1.82) is 5.26 Å². The smallest absolute Gasteiger partial charge is 0.237 e. The third-order valence-electron chi connectivity index (χ3n) is 3.57. The van der Waals surface area contributed by atoms with Gasteiger partial charge in [-0.1, -0.05) is 41.6 Å². The van der Waals surface area contributed by atoms with Crippen LogP contribution >= 0.6 is 23.4 Å². The highest BCUT2D eigenvalue weighted by Crippen LogP contribution is 2.23. The highest BCUT2D eigenvalue weighted by molar-refractivity contribution is 7.99. The van der Waals surface area contributed by atoms with Crippen LogP contribution in [0.15, 0.2) is 53.7 Å². The van der Waals surface area contributed by atoms with Gasteiger partial charge >= 0.3 is 0 Å². The molecule has 0 saturated heterocycles. The second-order valence-electron chi connectivity index (χ2n) is 5.28. The van der Waals surface area contributed by atoms with Gasteiger partial charge in [-0.25, -0.2) is 4.98 Å². The Kier molecular flexibility index (Phi) is 5.59. The number of aromatic nitrogens is 2. The van der Waals surface area contributed by atoms with Gasteiger partial charge in [0.05, 0.1) is 29.3 Å². The molecule has 0 radical (unpaired) electrons. The molecule has 5 nitrogen and oxygen atoms in total. The lowest BCUT2D eigenvalue weighted by atomic mass is 10.2. The molecule has 1 aromatic heterocycles. The van der Waals surface area contributed by atoms with Gasteiger partial charge in [0.1, 0.15) is 0 Å². The number of aromatic amines is 1. The highest BCUT2D eigenvalue weighted by Gasteiger charge is 2.17. The number of halogens is 1. The molecule has 0 unspecified atom stereocenters. The number of imidazole rings is 1. The fraction of sp³-hybridized carbons (Fsp3) is 0.167. The van der Waals surface area contributed by atoms with Crippen molar-refractivity contribution >= 4 is 46.0 Å². The van der Waals surface area contributed by atoms with E-state index in [0.717, 1.165) is 11.0 Å². The van der Waals surface area contributed by atoms with Gasteiger partial charge in [-0.15, -0.1) is 0 Å². The number of benzene rings is 2.